The van der Waals surface area contributed by atoms with Crippen LogP contribution in [0.2, 0.25) is 13.3 Å². The molecule has 0 spiro atoms. The van der Waals surface area contributed by atoms with E-state index < -0.39 is 18.4 Å². The van der Waals surface area contributed by atoms with E-state index in [9.17, 15) is 0 Å². The molecule has 0 aromatic heterocycles. The summed E-state index contributed by atoms with van der Waals surface area (Å²) in [6, 6.07) is 8.62. The van der Waals surface area contributed by atoms with E-state index in [1.54, 1.807) is 7.11 Å². The van der Waals surface area contributed by atoms with Crippen molar-refractivity contribution in [3.63, 3.8) is 0 Å². The Balaban J connectivity index is 3.12. The second-order valence-corrected chi connectivity index (χ2v) is 20.1. The fraction of sp³-hybridized carbons (Fsp3) is 0.619. The Labute approximate surface area is 148 Å². The molecule has 0 bridgehead atoms. The Morgan fingerprint density at radius 1 is 0.957 bits per heavy atom. The van der Waals surface area contributed by atoms with Crippen LogP contribution < -0.4 is 4.74 Å². The quantitative estimate of drug-likeness (QED) is 0.326. The van der Waals surface area contributed by atoms with Gasteiger partial charge in [-0.25, -0.2) is 0 Å². The van der Waals surface area contributed by atoms with Gasteiger partial charge in [0.1, 0.15) is 0 Å². The molecular weight excluding hydrogens is 387 g/mol. The third kappa shape index (κ3) is 6.17. The standard InChI is InChI=1S/C9H9O.3C4H9.Sn/c1-3-8-5-4-6-9(7-8)10-2;3*1-3-4-2;/h4-7H,1H2,2H3;3*1,3-4H2,2H3;. The first-order chi connectivity index (χ1) is 11.1. The number of unbranched alkanes of at least 4 members (excludes halogenated alkanes) is 3. The topological polar surface area (TPSA) is 9.23 Å². The summed E-state index contributed by atoms with van der Waals surface area (Å²) in [4.78, 5) is 0. The molecule has 0 saturated heterocycles. The molecule has 0 heterocycles. The van der Waals surface area contributed by atoms with Crippen molar-refractivity contribution in [3.8, 4) is 5.75 Å². The van der Waals surface area contributed by atoms with Crippen molar-refractivity contribution in [2.45, 2.75) is 72.6 Å². The van der Waals surface area contributed by atoms with Gasteiger partial charge in [-0.2, -0.15) is 0 Å². The number of methoxy groups -OCH3 is 1. The van der Waals surface area contributed by atoms with E-state index in [-0.39, 0.29) is 0 Å². The summed E-state index contributed by atoms with van der Waals surface area (Å²) < 4.78 is 11.4. The van der Waals surface area contributed by atoms with Gasteiger partial charge in [-0.1, -0.05) is 0 Å². The second kappa shape index (κ2) is 11.2. The molecule has 0 unspecified atom stereocenters. The number of benzene rings is 1. The maximum absolute atomic E-state index is 5.44. The molecule has 1 aromatic carbocycles. The summed E-state index contributed by atoms with van der Waals surface area (Å²) in [7, 11) is 1.75. The number of hydrogen-bond acceptors (Lipinski definition) is 1. The van der Waals surface area contributed by atoms with Crippen LogP contribution in [0.3, 0.4) is 0 Å². The predicted molar refractivity (Wildman–Crippen MR) is 107 cm³/mol. The van der Waals surface area contributed by atoms with Gasteiger partial charge in [-0.3, -0.25) is 0 Å². The first-order valence-electron chi connectivity index (χ1n) is 9.47. The number of hydrogen-bond donors (Lipinski definition) is 0. The molecule has 0 aliphatic rings. The summed E-state index contributed by atoms with van der Waals surface area (Å²) in [5.74, 6) is 0.963. The number of rotatable bonds is 12. The van der Waals surface area contributed by atoms with Crippen molar-refractivity contribution in [1.29, 1.82) is 0 Å². The van der Waals surface area contributed by atoms with Crippen LogP contribution in [0.5, 0.6) is 5.75 Å². The van der Waals surface area contributed by atoms with E-state index in [1.165, 1.54) is 61.0 Å². The zero-order chi connectivity index (χ0) is 17.1. The second-order valence-electron chi connectivity index (χ2n) is 6.80. The van der Waals surface area contributed by atoms with Crippen LogP contribution in [0.1, 0.15) is 64.9 Å². The van der Waals surface area contributed by atoms with E-state index in [4.69, 9.17) is 4.74 Å². The molecule has 1 aromatic rings. The molecule has 0 aliphatic heterocycles. The summed E-state index contributed by atoms with van der Waals surface area (Å²) in [5.41, 5.74) is 1.35. The Hall–Kier alpha value is -0.441. The van der Waals surface area contributed by atoms with E-state index in [2.05, 4.69) is 45.5 Å². The molecule has 0 atom stereocenters. The van der Waals surface area contributed by atoms with Gasteiger partial charge in [0.05, 0.1) is 0 Å². The minimum absolute atomic E-state index is 0.963. The first-order valence-corrected chi connectivity index (χ1v) is 17.0. The van der Waals surface area contributed by atoms with Crippen LogP contribution in [0.15, 0.2) is 30.8 Å². The monoisotopic (exact) mass is 424 g/mol. The Bertz CT molecular complexity index is 445. The fourth-order valence-corrected chi connectivity index (χ4v) is 19.2. The molecule has 2 heteroatoms. The first kappa shape index (κ1) is 20.6. The molecule has 23 heavy (non-hydrogen) atoms. The van der Waals surface area contributed by atoms with Gasteiger partial charge >= 0.3 is 149 Å². The average Bonchev–Trinajstić information content (AvgIpc) is 2.61. The normalized spacial score (nSPS) is 11.5. The molecule has 0 amide bonds. The predicted octanol–water partition coefficient (Wildman–Crippen LogP) is 7.10. The molecule has 130 valence electrons. The van der Waals surface area contributed by atoms with Gasteiger partial charge in [-0.05, 0) is 0 Å². The maximum atomic E-state index is 5.44. The van der Waals surface area contributed by atoms with Crippen LogP contribution in [0.4, 0.5) is 0 Å². The van der Waals surface area contributed by atoms with Crippen molar-refractivity contribution in [1.82, 2.24) is 0 Å². The van der Waals surface area contributed by atoms with Crippen LogP contribution in [0.25, 0.3) is 3.59 Å². The molecule has 0 saturated carbocycles. The minimum atomic E-state index is -2.38. The van der Waals surface area contributed by atoms with Gasteiger partial charge in [0.25, 0.3) is 0 Å². The zero-order valence-corrected chi connectivity index (χ0v) is 18.6. The Kier molecular flexibility index (Phi) is 10.0. The van der Waals surface area contributed by atoms with Crippen molar-refractivity contribution >= 4 is 22.0 Å². The van der Waals surface area contributed by atoms with E-state index in [0.29, 0.717) is 0 Å². The summed E-state index contributed by atoms with van der Waals surface area (Å²) >= 11 is -2.38. The average molecular weight is 423 g/mol. The van der Waals surface area contributed by atoms with Crippen LogP contribution in [0, 0.1) is 0 Å². The molecule has 0 aliphatic carbocycles. The van der Waals surface area contributed by atoms with Gasteiger partial charge in [0.15, 0.2) is 0 Å². The molecular formula is C21H36OSn. The van der Waals surface area contributed by atoms with E-state index >= 15 is 0 Å². The van der Waals surface area contributed by atoms with Gasteiger partial charge in [0.2, 0.25) is 0 Å². The molecule has 1 nitrogen and oxygen atoms in total. The van der Waals surface area contributed by atoms with Crippen molar-refractivity contribution < 1.29 is 4.74 Å². The van der Waals surface area contributed by atoms with E-state index in [0.717, 1.165) is 5.75 Å². The van der Waals surface area contributed by atoms with E-state index in [1.807, 2.05) is 6.07 Å². The zero-order valence-electron chi connectivity index (χ0n) is 15.8. The molecule has 0 radical (unpaired) electrons. The Morgan fingerprint density at radius 3 is 1.91 bits per heavy atom. The third-order valence-electron chi connectivity index (χ3n) is 5.09. The molecule has 0 fully saturated rings. The molecule has 1 rings (SSSR count). The summed E-state index contributed by atoms with van der Waals surface area (Å²) in [5, 5.41) is 0. The summed E-state index contributed by atoms with van der Waals surface area (Å²) in [6.07, 6.45) is 8.07. The van der Waals surface area contributed by atoms with Gasteiger partial charge < -0.3 is 0 Å². The SMILES string of the molecule is C=[C](c1cccc(OC)c1)[Sn]([CH2]CCC)([CH2]CCC)[CH2]CCC. The Morgan fingerprint density at radius 2 is 1.48 bits per heavy atom. The van der Waals surface area contributed by atoms with Crippen LogP contribution >= 0.6 is 0 Å². The van der Waals surface area contributed by atoms with Crippen molar-refractivity contribution in [2.24, 2.45) is 0 Å². The van der Waals surface area contributed by atoms with Crippen molar-refractivity contribution in [2.75, 3.05) is 7.11 Å². The van der Waals surface area contributed by atoms with Gasteiger partial charge in [-0.15, -0.1) is 0 Å². The van der Waals surface area contributed by atoms with Crippen LogP contribution in [-0.2, 0) is 0 Å². The number of ether oxygens (including phenoxy) is 1. The fourth-order valence-electron chi connectivity index (χ4n) is 3.49. The van der Waals surface area contributed by atoms with Gasteiger partial charge in [0, 0.05) is 0 Å². The summed E-state index contributed by atoms with van der Waals surface area (Å²) in [6.45, 7) is 11.6. The van der Waals surface area contributed by atoms with Crippen LogP contribution in [-0.4, -0.2) is 25.5 Å². The van der Waals surface area contributed by atoms with Crippen molar-refractivity contribution in [3.05, 3.63) is 36.4 Å². The molecule has 0 N–H and O–H groups in total. The third-order valence-corrected chi connectivity index (χ3v) is 20.8.